The molecule has 21 heavy (non-hydrogen) atoms. The third kappa shape index (κ3) is 1.70. The van der Waals surface area contributed by atoms with E-state index in [1.807, 2.05) is 0 Å². The smallest absolute Gasteiger partial charge is 0.268 e. The minimum absolute atomic E-state index is 0.0101. The van der Waals surface area contributed by atoms with Crippen molar-refractivity contribution in [2.75, 3.05) is 10.6 Å². The average Bonchev–Trinajstić information content (AvgIpc) is 2.71. The highest BCUT2D eigenvalue weighted by Crippen LogP contribution is 2.33. The quantitative estimate of drug-likeness (QED) is 0.499. The lowest BCUT2D eigenvalue weighted by Gasteiger charge is -2.15. The van der Waals surface area contributed by atoms with Gasteiger partial charge in [-0.05, 0) is 24.3 Å². The van der Waals surface area contributed by atoms with Crippen LogP contribution in [0.2, 0.25) is 0 Å². The van der Waals surface area contributed by atoms with Gasteiger partial charge in [-0.15, -0.1) is 0 Å². The van der Waals surface area contributed by atoms with Crippen molar-refractivity contribution >= 4 is 23.2 Å². The number of carbonyl (C=O) groups excluding carboxylic acids is 2. The summed E-state index contributed by atoms with van der Waals surface area (Å²) in [5.74, 6) is -6.49. The topological polar surface area (TPSA) is 63.4 Å². The molecule has 0 fully saturated rings. The van der Waals surface area contributed by atoms with Crippen LogP contribution in [0.3, 0.4) is 0 Å². The molecule has 7 heteroatoms. The number of halogens is 3. The van der Waals surface area contributed by atoms with Gasteiger partial charge >= 0.3 is 0 Å². The number of nitrogens with zero attached hydrogens (tertiary/aromatic N) is 1. The average molecular weight is 292 g/mol. The van der Waals surface area contributed by atoms with Gasteiger partial charge < -0.3 is 5.73 Å². The maximum absolute atomic E-state index is 13.8. The highest BCUT2D eigenvalue weighted by Gasteiger charge is 2.40. The first kappa shape index (κ1) is 13.2. The van der Waals surface area contributed by atoms with Crippen LogP contribution in [0.15, 0.2) is 30.3 Å². The molecule has 0 saturated carbocycles. The van der Waals surface area contributed by atoms with Gasteiger partial charge in [-0.25, -0.2) is 18.1 Å². The Kier molecular flexibility index (Phi) is 2.72. The number of benzene rings is 2. The fourth-order valence-electron chi connectivity index (χ4n) is 2.22. The molecule has 2 N–H and O–H groups in total. The molecule has 2 aromatic rings. The Labute approximate surface area is 116 Å². The molecule has 0 aromatic heterocycles. The van der Waals surface area contributed by atoms with Crippen LogP contribution in [-0.4, -0.2) is 11.8 Å². The van der Waals surface area contributed by atoms with E-state index in [2.05, 4.69) is 0 Å². The van der Waals surface area contributed by atoms with Crippen molar-refractivity contribution in [3.05, 3.63) is 58.9 Å². The van der Waals surface area contributed by atoms with Crippen molar-refractivity contribution < 1.29 is 22.8 Å². The zero-order valence-electron chi connectivity index (χ0n) is 10.4. The van der Waals surface area contributed by atoms with Gasteiger partial charge in [-0.2, -0.15) is 0 Å². The molecule has 1 aliphatic rings. The number of anilines is 2. The molecule has 2 amide bonds. The number of nitrogens with two attached hydrogens (primary N) is 1. The summed E-state index contributed by atoms with van der Waals surface area (Å²) in [5, 5.41) is 0. The van der Waals surface area contributed by atoms with E-state index in [9.17, 15) is 22.8 Å². The second-order valence-electron chi connectivity index (χ2n) is 4.41. The molecule has 3 rings (SSSR count). The number of hydrogen-bond acceptors (Lipinski definition) is 3. The molecule has 0 radical (unpaired) electrons. The maximum Gasteiger partial charge on any atom is 0.268 e. The molecule has 0 saturated heterocycles. The Bertz CT molecular complexity index is 805. The minimum Gasteiger partial charge on any atom is -0.398 e. The molecule has 1 heterocycles. The molecule has 106 valence electrons. The lowest BCUT2D eigenvalue weighted by molar-refractivity contribution is 0.0925. The van der Waals surface area contributed by atoms with Crippen molar-refractivity contribution in [3.8, 4) is 0 Å². The van der Waals surface area contributed by atoms with E-state index in [0.29, 0.717) is 11.0 Å². The van der Waals surface area contributed by atoms with Gasteiger partial charge in [-0.1, -0.05) is 6.07 Å². The molecule has 1 aliphatic heterocycles. The molecule has 0 aliphatic carbocycles. The summed E-state index contributed by atoms with van der Waals surface area (Å²) < 4.78 is 40.0. The zero-order valence-corrected chi connectivity index (χ0v) is 10.4. The van der Waals surface area contributed by atoms with E-state index in [-0.39, 0.29) is 16.8 Å². The summed E-state index contributed by atoms with van der Waals surface area (Å²) in [7, 11) is 0. The van der Waals surface area contributed by atoms with Gasteiger partial charge in [0.15, 0.2) is 17.5 Å². The molecule has 0 spiro atoms. The number of carbonyl (C=O) groups is 2. The van der Waals surface area contributed by atoms with E-state index in [1.54, 1.807) is 0 Å². The first-order valence-electron chi connectivity index (χ1n) is 5.84. The molecule has 0 atom stereocenters. The lowest BCUT2D eigenvalue weighted by atomic mass is 10.1. The summed E-state index contributed by atoms with van der Waals surface area (Å²) >= 11 is 0. The van der Waals surface area contributed by atoms with Crippen molar-refractivity contribution in [1.29, 1.82) is 0 Å². The van der Waals surface area contributed by atoms with E-state index in [1.165, 1.54) is 18.2 Å². The third-order valence-corrected chi connectivity index (χ3v) is 3.20. The molecule has 0 unspecified atom stereocenters. The number of fused-ring (bicyclic) bond motifs is 1. The second kappa shape index (κ2) is 4.34. The first-order valence-corrected chi connectivity index (χ1v) is 5.84. The summed E-state index contributed by atoms with van der Waals surface area (Å²) in [6, 6.07) is 5.69. The third-order valence-electron chi connectivity index (χ3n) is 3.20. The van der Waals surface area contributed by atoms with Crippen LogP contribution in [0.5, 0.6) is 0 Å². The van der Waals surface area contributed by atoms with Crippen molar-refractivity contribution in [2.24, 2.45) is 0 Å². The fourth-order valence-corrected chi connectivity index (χ4v) is 2.22. The lowest BCUT2D eigenvalue weighted by Crippen LogP contribution is -2.30. The van der Waals surface area contributed by atoms with Crippen LogP contribution >= 0.6 is 0 Å². The summed E-state index contributed by atoms with van der Waals surface area (Å²) in [5.41, 5.74) is 4.94. The maximum atomic E-state index is 13.8. The predicted octanol–water partition coefficient (Wildman–Crippen LogP) is 2.49. The van der Waals surface area contributed by atoms with Crippen molar-refractivity contribution in [1.82, 2.24) is 0 Å². The number of rotatable bonds is 1. The van der Waals surface area contributed by atoms with Crippen LogP contribution in [0.25, 0.3) is 0 Å². The summed E-state index contributed by atoms with van der Waals surface area (Å²) in [6.45, 7) is 0. The second-order valence-corrected chi connectivity index (χ2v) is 4.41. The van der Waals surface area contributed by atoms with E-state index in [4.69, 9.17) is 5.73 Å². The van der Waals surface area contributed by atoms with Gasteiger partial charge in [0.1, 0.15) is 0 Å². The number of nitrogen functional groups attached to an aromatic ring is 1. The Hall–Kier alpha value is -2.83. The van der Waals surface area contributed by atoms with Gasteiger partial charge in [0.25, 0.3) is 11.8 Å². The Morgan fingerprint density at radius 2 is 1.62 bits per heavy atom. The highest BCUT2D eigenvalue weighted by molar-refractivity contribution is 6.36. The molecular formula is C14H7F3N2O2. The van der Waals surface area contributed by atoms with Crippen molar-refractivity contribution in [3.63, 3.8) is 0 Å². The monoisotopic (exact) mass is 292 g/mol. The number of amides is 2. The standard InChI is InChI=1S/C14H7F3N2O2/c15-7-4-5-9(12(17)11(7)16)19-13(20)6-2-1-3-8(18)10(6)14(19)21/h1-5H,18H2. The molecule has 2 aromatic carbocycles. The highest BCUT2D eigenvalue weighted by atomic mass is 19.2. The SMILES string of the molecule is Nc1cccc2c1C(=O)N(c1ccc(F)c(F)c1F)C2=O. The van der Waals surface area contributed by atoms with Crippen LogP contribution < -0.4 is 10.6 Å². The van der Waals surface area contributed by atoms with Gasteiger partial charge in [0.2, 0.25) is 0 Å². The van der Waals surface area contributed by atoms with Gasteiger partial charge in [-0.3, -0.25) is 9.59 Å². The van der Waals surface area contributed by atoms with Crippen LogP contribution in [-0.2, 0) is 0 Å². The summed E-state index contributed by atoms with van der Waals surface area (Å²) in [4.78, 5) is 24.8. The minimum atomic E-state index is -1.75. The predicted molar refractivity (Wildman–Crippen MR) is 68.3 cm³/mol. The Balaban J connectivity index is 2.19. The normalized spacial score (nSPS) is 13.8. The molecule has 0 bridgehead atoms. The number of imide groups is 1. The first-order chi connectivity index (χ1) is 9.93. The van der Waals surface area contributed by atoms with Crippen molar-refractivity contribution in [2.45, 2.75) is 0 Å². The van der Waals surface area contributed by atoms with E-state index in [0.717, 1.165) is 6.07 Å². The fraction of sp³-hybridized carbons (Fsp3) is 0. The van der Waals surface area contributed by atoms with Gasteiger partial charge in [0.05, 0.1) is 16.8 Å². The largest absolute Gasteiger partial charge is 0.398 e. The van der Waals surface area contributed by atoms with E-state index >= 15 is 0 Å². The summed E-state index contributed by atoms with van der Waals surface area (Å²) in [6.07, 6.45) is 0. The van der Waals surface area contributed by atoms with Crippen LogP contribution in [0, 0.1) is 17.5 Å². The number of hydrogen-bond donors (Lipinski definition) is 1. The van der Waals surface area contributed by atoms with Crippen LogP contribution in [0.4, 0.5) is 24.5 Å². The molecular weight excluding hydrogens is 285 g/mol. The van der Waals surface area contributed by atoms with E-state index < -0.39 is 35.0 Å². The Morgan fingerprint density at radius 1 is 0.905 bits per heavy atom. The zero-order chi connectivity index (χ0) is 15.3. The van der Waals surface area contributed by atoms with Gasteiger partial charge in [0, 0.05) is 5.69 Å². The Morgan fingerprint density at radius 3 is 2.29 bits per heavy atom. The van der Waals surface area contributed by atoms with Crippen LogP contribution in [0.1, 0.15) is 20.7 Å². The molecule has 4 nitrogen and oxygen atoms in total.